The third-order valence-electron chi connectivity index (χ3n) is 6.47. The molecule has 23 heavy (non-hydrogen) atoms. The second-order valence-electron chi connectivity index (χ2n) is 7.86. The van der Waals surface area contributed by atoms with Crippen LogP contribution in [0.4, 0.5) is 0 Å². The Bertz CT molecular complexity index is 566. The number of ether oxygens (including phenoxy) is 2. The van der Waals surface area contributed by atoms with Crippen LogP contribution in [0.1, 0.15) is 33.1 Å². The number of aliphatic hydroxyl groups is 1. The van der Waals surface area contributed by atoms with Crippen molar-refractivity contribution in [2.75, 3.05) is 6.79 Å². The molecule has 4 aliphatic rings. The van der Waals surface area contributed by atoms with Crippen LogP contribution >= 0.6 is 0 Å². The number of carbonyl (C=O) groups is 2. The fourth-order valence-corrected chi connectivity index (χ4v) is 5.75. The Labute approximate surface area is 136 Å². The Morgan fingerprint density at radius 3 is 2.78 bits per heavy atom. The lowest BCUT2D eigenvalue weighted by Gasteiger charge is -2.38. The standard InChI is InChI=1S/C18H24O5/c1-8(2)17(20)23-14-6-10-5-13(14)16-11-3-9(15(10)16)4-12(11)18(21)22-7-19/h4,8,10-16,19H,3,5-7H2,1-2H3. The predicted molar refractivity (Wildman–Crippen MR) is 80.8 cm³/mol. The van der Waals surface area contributed by atoms with Crippen molar-refractivity contribution in [3.8, 4) is 0 Å². The van der Waals surface area contributed by atoms with Crippen LogP contribution in [0.2, 0.25) is 0 Å². The number of carbonyl (C=O) groups excluding carboxylic acids is 2. The topological polar surface area (TPSA) is 72.8 Å². The fraction of sp³-hybridized carbons (Fsp3) is 0.778. The Morgan fingerprint density at radius 1 is 1.30 bits per heavy atom. The molecular weight excluding hydrogens is 296 g/mol. The second-order valence-corrected chi connectivity index (χ2v) is 7.86. The molecule has 126 valence electrons. The van der Waals surface area contributed by atoms with Crippen molar-refractivity contribution in [3.05, 3.63) is 11.6 Å². The zero-order valence-corrected chi connectivity index (χ0v) is 13.6. The van der Waals surface area contributed by atoms with E-state index in [1.807, 2.05) is 13.8 Å². The highest BCUT2D eigenvalue weighted by Crippen LogP contribution is 2.67. The molecule has 4 bridgehead atoms. The van der Waals surface area contributed by atoms with Crippen LogP contribution in [0.5, 0.6) is 0 Å². The van der Waals surface area contributed by atoms with E-state index in [4.69, 9.17) is 14.6 Å². The normalized spacial score (nSPS) is 42.8. The molecule has 3 saturated carbocycles. The second kappa shape index (κ2) is 5.33. The molecule has 4 aliphatic carbocycles. The minimum absolute atomic E-state index is 0.0191. The lowest BCUT2D eigenvalue weighted by atomic mass is 9.70. The molecule has 5 nitrogen and oxygen atoms in total. The van der Waals surface area contributed by atoms with E-state index in [1.54, 1.807) is 0 Å². The zero-order chi connectivity index (χ0) is 16.3. The maximum absolute atomic E-state index is 12.1. The molecular formula is C18H24O5. The third kappa shape index (κ3) is 2.16. The van der Waals surface area contributed by atoms with Crippen molar-refractivity contribution in [1.82, 2.24) is 0 Å². The summed E-state index contributed by atoms with van der Waals surface area (Å²) in [5.41, 5.74) is 1.40. The maximum atomic E-state index is 12.1. The largest absolute Gasteiger partial charge is 0.462 e. The molecule has 1 N–H and O–H groups in total. The smallest absolute Gasteiger partial charge is 0.315 e. The van der Waals surface area contributed by atoms with Gasteiger partial charge in [-0.15, -0.1) is 0 Å². The van der Waals surface area contributed by atoms with E-state index in [1.165, 1.54) is 5.57 Å². The average Bonchev–Trinajstić information content (AvgIpc) is 3.24. The van der Waals surface area contributed by atoms with E-state index in [0.29, 0.717) is 23.7 Å². The van der Waals surface area contributed by atoms with Crippen molar-refractivity contribution >= 4 is 11.9 Å². The average molecular weight is 320 g/mol. The van der Waals surface area contributed by atoms with Gasteiger partial charge in [0, 0.05) is 0 Å². The minimum Gasteiger partial charge on any atom is -0.462 e. The molecule has 0 aromatic rings. The summed E-state index contributed by atoms with van der Waals surface area (Å²) in [6.45, 7) is 3.17. The lowest BCUT2D eigenvalue weighted by Crippen LogP contribution is -2.40. The lowest BCUT2D eigenvalue weighted by molar-refractivity contribution is -0.161. The number of aliphatic hydroxyl groups excluding tert-OH is 1. The molecule has 0 aliphatic heterocycles. The van der Waals surface area contributed by atoms with Gasteiger partial charge in [-0.25, -0.2) is 0 Å². The van der Waals surface area contributed by atoms with E-state index in [2.05, 4.69) is 6.08 Å². The fourth-order valence-electron chi connectivity index (χ4n) is 5.75. The molecule has 4 rings (SSSR count). The van der Waals surface area contributed by atoms with Gasteiger partial charge in [0.05, 0.1) is 11.8 Å². The summed E-state index contributed by atoms with van der Waals surface area (Å²) in [5, 5.41) is 8.83. The Morgan fingerprint density at radius 2 is 2.09 bits per heavy atom. The van der Waals surface area contributed by atoms with Crippen molar-refractivity contribution < 1.29 is 24.2 Å². The van der Waals surface area contributed by atoms with E-state index < -0.39 is 6.79 Å². The van der Waals surface area contributed by atoms with Crippen LogP contribution in [0.15, 0.2) is 11.6 Å². The number of fused-ring (bicyclic) bond motifs is 9. The van der Waals surface area contributed by atoms with E-state index in [9.17, 15) is 9.59 Å². The molecule has 7 atom stereocenters. The van der Waals surface area contributed by atoms with Crippen molar-refractivity contribution in [2.24, 2.45) is 41.4 Å². The molecule has 0 aromatic heterocycles. The molecule has 3 fully saturated rings. The first-order chi connectivity index (χ1) is 11.0. The van der Waals surface area contributed by atoms with Gasteiger partial charge >= 0.3 is 11.9 Å². The maximum Gasteiger partial charge on any atom is 0.315 e. The first-order valence-corrected chi connectivity index (χ1v) is 8.69. The Balaban J connectivity index is 1.52. The van der Waals surface area contributed by atoms with E-state index >= 15 is 0 Å². The number of esters is 2. The summed E-state index contributed by atoms with van der Waals surface area (Å²) in [6.07, 6.45) is 5.16. The van der Waals surface area contributed by atoms with Crippen molar-refractivity contribution in [2.45, 2.75) is 39.2 Å². The molecule has 0 heterocycles. The zero-order valence-electron chi connectivity index (χ0n) is 13.6. The van der Waals surface area contributed by atoms with Gasteiger partial charge in [0.2, 0.25) is 0 Å². The molecule has 0 aromatic carbocycles. The first kappa shape index (κ1) is 15.2. The number of allylic oxidation sites excluding steroid dienone is 1. The highest BCUT2D eigenvalue weighted by atomic mass is 16.6. The van der Waals surface area contributed by atoms with Crippen LogP contribution in [-0.2, 0) is 19.1 Å². The number of hydrogen-bond acceptors (Lipinski definition) is 5. The Kier molecular flexibility index (Phi) is 3.52. The van der Waals surface area contributed by atoms with Crippen LogP contribution in [0, 0.1) is 41.4 Å². The van der Waals surface area contributed by atoms with Crippen LogP contribution in [0.3, 0.4) is 0 Å². The van der Waals surface area contributed by atoms with Gasteiger partial charge in [-0.1, -0.05) is 25.5 Å². The molecule has 7 unspecified atom stereocenters. The predicted octanol–water partition coefficient (Wildman–Crippen LogP) is 1.90. The van der Waals surface area contributed by atoms with Gasteiger partial charge in [0.1, 0.15) is 6.10 Å². The summed E-state index contributed by atoms with van der Waals surface area (Å²) in [4.78, 5) is 24.0. The third-order valence-corrected chi connectivity index (χ3v) is 6.47. The summed E-state index contributed by atoms with van der Waals surface area (Å²) >= 11 is 0. The number of rotatable bonds is 4. The van der Waals surface area contributed by atoms with Gasteiger partial charge in [-0.3, -0.25) is 9.59 Å². The van der Waals surface area contributed by atoms with Crippen LogP contribution < -0.4 is 0 Å². The highest BCUT2D eigenvalue weighted by molar-refractivity contribution is 5.76. The monoisotopic (exact) mass is 320 g/mol. The minimum atomic E-state index is -0.556. The van der Waals surface area contributed by atoms with Gasteiger partial charge < -0.3 is 14.6 Å². The van der Waals surface area contributed by atoms with Crippen molar-refractivity contribution in [1.29, 1.82) is 0 Å². The molecule has 5 heteroatoms. The quantitative estimate of drug-likeness (QED) is 0.371. The van der Waals surface area contributed by atoms with Gasteiger partial charge in [-0.2, -0.15) is 0 Å². The SMILES string of the molecule is CC(C)C(=O)OC1CC2CC1C1C3CC(=CC3C(=O)OCO)C21. The molecule has 0 saturated heterocycles. The van der Waals surface area contributed by atoms with Gasteiger partial charge in [0.25, 0.3) is 0 Å². The van der Waals surface area contributed by atoms with Crippen molar-refractivity contribution in [3.63, 3.8) is 0 Å². The molecule has 0 spiro atoms. The summed E-state index contributed by atoms with van der Waals surface area (Å²) in [5.74, 6) is 1.52. The summed E-state index contributed by atoms with van der Waals surface area (Å²) in [7, 11) is 0. The first-order valence-electron chi connectivity index (χ1n) is 8.69. The van der Waals surface area contributed by atoms with Crippen LogP contribution in [0.25, 0.3) is 0 Å². The number of hydrogen-bond donors (Lipinski definition) is 1. The van der Waals surface area contributed by atoms with Gasteiger partial charge in [-0.05, 0) is 48.9 Å². The molecule has 0 amide bonds. The Hall–Kier alpha value is -1.36. The highest BCUT2D eigenvalue weighted by Gasteiger charge is 2.63. The summed E-state index contributed by atoms with van der Waals surface area (Å²) in [6, 6.07) is 0. The van der Waals surface area contributed by atoms with Crippen LogP contribution in [-0.4, -0.2) is 29.9 Å². The van der Waals surface area contributed by atoms with E-state index in [0.717, 1.165) is 19.3 Å². The van der Waals surface area contributed by atoms with Gasteiger partial charge in [0.15, 0.2) is 6.79 Å². The van der Waals surface area contributed by atoms with E-state index in [-0.39, 0.29) is 35.8 Å². The summed E-state index contributed by atoms with van der Waals surface area (Å²) < 4.78 is 10.6. The molecule has 0 radical (unpaired) electrons.